The minimum Gasteiger partial charge on any atom is -0.466 e. The smallest absolute Gasteiger partial charge is 0.371 e. The van der Waals surface area contributed by atoms with E-state index in [-0.39, 0.29) is 46.7 Å². The zero-order valence-electron chi connectivity index (χ0n) is 39.6. The number of aldehydes is 1. The molecule has 0 aromatic rings. The molecule has 15 heteroatoms. The van der Waals surface area contributed by atoms with Crippen LogP contribution in [0.2, 0.25) is 36.3 Å². The molecule has 2 aliphatic rings. The van der Waals surface area contributed by atoms with Crippen LogP contribution in [0.25, 0.3) is 0 Å². The fourth-order valence-corrected chi connectivity index (χ4v) is 8.25. The fraction of sp³-hybridized carbons (Fsp3) is 0.750. The molecule has 2 fully saturated rings. The lowest BCUT2D eigenvalue weighted by molar-refractivity contribution is -0.294. The van der Waals surface area contributed by atoms with Gasteiger partial charge in [-0.1, -0.05) is 81.4 Å². The molecule has 13 nitrogen and oxygen atoms in total. The predicted octanol–water partition coefficient (Wildman–Crippen LogP) is 8.47. The van der Waals surface area contributed by atoms with Crippen molar-refractivity contribution in [1.82, 2.24) is 0 Å². The first-order valence-electron chi connectivity index (χ1n) is 20.2. The van der Waals surface area contributed by atoms with Gasteiger partial charge in [-0.15, -0.1) is 13.2 Å². The number of hydrogen-bond donors (Lipinski definition) is 0. The first kappa shape index (κ1) is 56.4. The summed E-state index contributed by atoms with van der Waals surface area (Å²) in [4.78, 5) is 56.9. The molecule has 0 aromatic carbocycles. The Kier molecular flexibility index (Phi) is 21.5. The first-order valence-corrected chi connectivity index (χ1v) is 26.0. The summed E-state index contributed by atoms with van der Waals surface area (Å²) in [7, 11) is 1.48. The van der Waals surface area contributed by atoms with Gasteiger partial charge in [-0.3, -0.25) is 14.4 Å². The van der Waals surface area contributed by atoms with E-state index in [1.54, 1.807) is 13.2 Å². The van der Waals surface area contributed by atoms with Crippen molar-refractivity contribution in [3.05, 3.63) is 37.0 Å². The van der Waals surface area contributed by atoms with Gasteiger partial charge in [0.05, 0.1) is 26.4 Å². The van der Waals surface area contributed by atoms with Gasteiger partial charge in [0.2, 0.25) is 23.6 Å². The van der Waals surface area contributed by atoms with Crippen molar-refractivity contribution in [2.75, 3.05) is 41.7 Å². The van der Waals surface area contributed by atoms with E-state index in [9.17, 15) is 24.0 Å². The molecule has 2 rings (SSSR count). The number of carbonyl (C=O) groups is 5. The van der Waals surface area contributed by atoms with Crippen LogP contribution >= 0.6 is 0 Å². The Labute approximate surface area is 357 Å². The van der Waals surface area contributed by atoms with Crippen molar-refractivity contribution in [3.63, 3.8) is 0 Å². The van der Waals surface area contributed by atoms with E-state index in [2.05, 4.69) is 85.6 Å². The normalized spacial score (nSPS) is 23.9. The minimum atomic E-state index is -2.05. The maximum Gasteiger partial charge on any atom is 0.371 e. The monoisotopic (exact) mass is 870 g/mol. The second kappa shape index (κ2) is 22.5. The average molecular weight is 871 g/mol. The molecule has 0 radical (unpaired) electrons. The summed E-state index contributed by atoms with van der Waals surface area (Å²) in [5.41, 5.74) is -1.05. The Hall–Kier alpha value is -2.64. The van der Waals surface area contributed by atoms with Gasteiger partial charge in [0.25, 0.3) is 0 Å². The van der Waals surface area contributed by atoms with Gasteiger partial charge >= 0.3 is 11.9 Å². The molecule has 2 heterocycles. The van der Waals surface area contributed by atoms with Crippen molar-refractivity contribution in [1.29, 1.82) is 0 Å². The van der Waals surface area contributed by atoms with Crippen LogP contribution in [-0.2, 0) is 61.2 Å². The highest BCUT2D eigenvalue weighted by molar-refractivity contribution is 6.74. The average Bonchev–Trinajstić information content (AvgIpc) is 3.14. The Morgan fingerprint density at radius 2 is 1.12 bits per heavy atom. The molecule has 0 aliphatic carbocycles. The molecule has 0 saturated carbocycles. The first-order chi connectivity index (χ1) is 26.8. The second-order valence-corrected chi connectivity index (χ2v) is 29.0. The molecule has 0 amide bonds. The zero-order valence-corrected chi connectivity index (χ0v) is 41.6. The standard InChI is InChI=1S/C22H38O6Si.C19H36O4Si.C3H4O3/c1-11-12-17-13-16(14-18(23)25-7)19(24)22(26-8,28-17)21(5,6)15-27-29(9,10)20(2,3)4;1-10-11-15-12-13-16(20)19(21-7,23-15)18(5,6)14-22-24(8,9)17(2,3)4;1-6-3(5)2-4/h11,14,17H,1,12-13,15H2,2-10H3;10,15H,1,11-14H2,2-9H3;2H,1H3/b16-14+;;/t17?,22-;15?,19-;/m11./s1. The Morgan fingerprint density at radius 1 is 0.712 bits per heavy atom. The van der Waals surface area contributed by atoms with Crippen LogP contribution in [0.5, 0.6) is 0 Å². The van der Waals surface area contributed by atoms with Gasteiger partial charge in [-0.25, -0.2) is 9.59 Å². The topological polar surface area (TPSA) is 159 Å². The van der Waals surface area contributed by atoms with Gasteiger partial charge in [0.15, 0.2) is 22.4 Å². The molecule has 0 spiro atoms. The minimum absolute atomic E-state index is 0.00847. The maximum atomic E-state index is 13.5. The lowest BCUT2D eigenvalue weighted by Crippen LogP contribution is -2.62. The third-order valence-corrected chi connectivity index (χ3v) is 20.9. The molecule has 2 saturated heterocycles. The van der Waals surface area contributed by atoms with E-state index in [1.807, 2.05) is 33.8 Å². The Morgan fingerprint density at radius 3 is 1.47 bits per heavy atom. The van der Waals surface area contributed by atoms with Crippen LogP contribution in [0, 0.1) is 10.8 Å². The largest absolute Gasteiger partial charge is 0.466 e. The van der Waals surface area contributed by atoms with Crippen molar-refractivity contribution >= 4 is 46.4 Å². The molecule has 0 aromatic heterocycles. The Balaban J connectivity index is 0.00000101. The summed E-state index contributed by atoms with van der Waals surface area (Å²) in [5, 5.41) is 0.147. The number of methoxy groups -OCH3 is 4. The van der Waals surface area contributed by atoms with Gasteiger partial charge < -0.3 is 37.3 Å². The predicted molar refractivity (Wildman–Crippen MR) is 235 cm³/mol. The highest BCUT2D eigenvalue weighted by Crippen LogP contribution is 2.47. The third-order valence-electron chi connectivity index (χ3n) is 12.0. The summed E-state index contributed by atoms with van der Waals surface area (Å²) in [6.07, 6.45) is 7.26. The van der Waals surface area contributed by atoms with Crippen LogP contribution in [0.3, 0.4) is 0 Å². The zero-order chi connectivity index (χ0) is 46.5. The summed E-state index contributed by atoms with van der Waals surface area (Å²) >= 11 is 0. The molecule has 59 heavy (non-hydrogen) atoms. The number of rotatable bonds is 16. The number of carbonyl (C=O) groups excluding carboxylic acids is 5. The van der Waals surface area contributed by atoms with Crippen molar-refractivity contribution < 1.29 is 61.2 Å². The molecule has 2 unspecified atom stereocenters. The highest BCUT2D eigenvalue weighted by atomic mass is 28.4. The quantitative estimate of drug-likeness (QED) is 0.0363. The van der Waals surface area contributed by atoms with Crippen LogP contribution in [0.1, 0.15) is 101 Å². The van der Waals surface area contributed by atoms with Gasteiger partial charge in [0, 0.05) is 62.8 Å². The number of ether oxygens (including phenoxy) is 6. The van der Waals surface area contributed by atoms with Crippen LogP contribution in [0.15, 0.2) is 37.0 Å². The fourth-order valence-electron chi connectivity index (χ4n) is 5.94. The molecular weight excluding hydrogens is 793 g/mol. The SMILES string of the molecule is C=CCC1C/C(=C\C(=O)OC)C(=O)[C@](OC)(C(C)(C)CO[Si](C)(C)C(C)(C)C)O1.C=CCC1CCC(=O)[C@](OC)(C(C)(C)CO[Si](C)(C)C(C)(C)C)O1.COC(=O)C=O. The lowest BCUT2D eigenvalue weighted by atomic mass is 9.76. The molecule has 0 N–H and O–H groups in total. The van der Waals surface area contributed by atoms with E-state index in [0.717, 1.165) is 20.0 Å². The Bertz CT molecular complexity index is 1490. The van der Waals surface area contributed by atoms with Crippen LogP contribution in [-0.4, -0.2) is 112 Å². The van der Waals surface area contributed by atoms with E-state index in [0.29, 0.717) is 31.4 Å². The number of Topliss-reactive ketones (excluding diaryl/α,β-unsaturated/α-hetero) is 2. The van der Waals surface area contributed by atoms with Crippen molar-refractivity contribution in [2.24, 2.45) is 10.8 Å². The summed E-state index contributed by atoms with van der Waals surface area (Å²) in [5.74, 6) is -4.59. The van der Waals surface area contributed by atoms with E-state index < -0.39 is 51.0 Å². The second-order valence-electron chi connectivity index (χ2n) is 19.4. The van der Waals surface area contributed by atoms with E-state index in [4.69, 9.17) is 32.5 Å². The third kappa shape index (κ3) is 14.5. The number of hydrogen-bond acceptors (Lipinski definition) is 13. The number of ketones is 2. The van der Waals surface area contributed by atoms with E-state index >= 15 is 0 Å². The lowest BCUT2D eigenvalue weighted by Gasteiger charge is -2.49. The van der Waals surface area contributed by atoms with Crippen molar-refractivity contribution in [3.8, 4) is 0 Å². The number of esters is 2. The highest BCUT2D eigenvalue weighted by Gasteiger charge is 2.59. The molecular formula is C44H78O13Si2. The molecule has 340 valence electrons. The van der Waals surface area contributed by atoms with E-state index in [1.165, 1.54) is 20.3 Å². The summed E-state index contributed by atoms with van der Waals surface area (Å²) in [6, 6.07) is 0. The summed E-state index contributed by atoms with van der Waals surface area (Å²) in [6.45, 7) is 37.9. The van der Waals surface area contributed by atoms with Gasteiger partial charge in [-0.2, -0.15) is 0 Å². The molecule has 0 bridgehead atoms. The van der Waals surface area contributed by atoms with Gasteiger partial charge in [-0.05, 0) is 55.5 Å². The maximum absolute atomic E-state index is 13.5. The summed E-state index contributed by atoms with van der Waals surface area (Å²) < 4.78 is 45.3. The van der Waals surface area contributed by atoms with Crippen LogP contribution < -0.4 is 0 Å². The van der Waals surface area contributed by atoms with Crippen LogP contribution in [0.4, 0.5) is 0 Å². The van der Waals surface area contributed by atoms with Gasteiger partial charge in [0.1, 0.15) is 0 Å². The van der Waals surface area contributed by atoms with Crippen molar-refractivity contribution in [2.45, 2.75) is 161 Å². The molecule has 4 atom stereocenters. The molecule has 2 aliphatic heterocycles.